The maximum Gasteiger partial charge on any atom is 0.271 e. The van der Waals surface area contributed by atoms with Crippen LogP contribution in [-0.4, -0.2) is 24.2 Å². The Bertz CT molecular complexity index is 1350. The normalized spacial score (nSPS) is 11.7. The zero-order valence-electron chi connectivity index (χ0n) is 14.2. The van der Waals surface area contributed by atoms with E-state index in [1.165, 1.54) is 30.6 Å². The average molecular weight is 454 g/mol. The second-order valence-corrected chi connectivity index (χ2v) is 9.20. The van der Waals surface area contributed by atoms with E-state index in [9.17, 15) is 22.0 Å². The number of aromatic amines is 1. The lowest BCUT2D eigenvalue weighted by Crippen LogP contribution is -2.15. The number of carbonyl (C=O) groups excluding carboxylic acids is 1. The average Bonchev–Trinajstić information content (AvgIpc) is 3.34. The first-order valence-electron chi connectivity index (χ1n) is 7.99. The van der Waals surface area contributed by atoms with Crippen molar-refractivity contribution in [3.8, 4) is 0 Å². The van der Waals surface area contributed by atoms with E-state index < -0.39 is 38.7 Å². The third-order valence-corrected chi connectivity index (χ3v) is 7.03. The van der Waals surface area contributed by atoms with E-state index in [1.807, 2.05) is 0 Å². The number of sulfonamides is 1. The minimum Gasteiger partial charge on any atom is -0.345 e. The Morgan fingerprint density at radius 1 is 1.24 bits per heavy atom. The van der Waals surface area contributed by atoms with Gasteiger partial charge in [0, 0.05) is 23.3 Å². The molecule has 1 aromatic carbocycles. The van der Waals surface area contributed by atoms with Crippen LogP contribution in [-0.2, 0) is 10.0 Å². The van der Waals surface area contributed by atoms with Gasteiger partial charge in [-0.1, -0.05) is 17.7 Å². The maximum atomic E-state index is 15.0. The molecule has 4 rings (SSSR count). The monoisotopic (exact) mass is 453 g/mol. The molecule has 0 radical (unpaired) electrons. The topological polar surface area (TPSA) is 91.9 Å². The van der Waals surface area contributed by atoms with Crippen molar-refractivity contribution >= 4 is 55.5 Å². The lowest BCUT2D eigenvalue weighted by Gasteiger charge is -2.11. The fourth-order valence-corrected chi connectivity index (χ4v) is 4.96. The second-order valence-electron chi connectivity index (χ2n) is 5.90. The third-order valence-electron chi connectivity index (χ3n) is 4.06. The molecular weight excluding hydrogens is 444 g/mol. The molecule has 0 aliphatic carbocycles. The van der Waals surface area contributed by atoms with Crippen molar-refractivity contribution in [2.45, 2.75) is 4.21 Å². The van der Waals surface area contributed by atoms with Crippen molar-refractivity contribution in [2.24, 2.45) is 0 Å². The summed E-state index contributed by atoms with van der Waals surface area (Å²) in [6.07, 6.45) is 2.62. The number of carbonyl (C=O) groups is 1. The predicted molar refractivity (Wildman–Crippen MR) is 106 cm³/mol. The van der Waals surface area contributed by atoms with E-state index >= 15 is 0 Å². The number of halogens is 3. The first-order chi connectivity index (χ1) is 13.8. The number of benzene rings is 1. The highest BCUT2D eigenvalue weighted by Gasteiger charge is 2.26. The Labute approximate surface area is 172 Å². The van der Waals surface area contributed by atoms with E-state index in [0.29, 0.717) is 5.65 Å². The summed E-state index contributed by atoms with van der Waals surface area (Å²) < 4.78 is 56.1. The van der Waals surface area contributed by atoms with Gasteiger partial charge in [0.1, 0.15) is 15.7 Å². The number of anilines is 1. The minimum absolute atomic E-state index is 0.0496. The Morgan fingerprint density at radius 2 is 2.03 bits per heavy atom. The van der Waals surface area contributed by atoms with Crippen LogP contribution in [0.1, 0.15) is 15.9 Å². The molecule has 0 fully saturated rings. The summed E-state index contributed by atoms with van der Waals surface area (Å²) in [5, 5.41) is 2.07. The summed E-state index contributed by atoms with van der Waals surface area (Å²) in [5.74, 6) is -3.43. The van der Waals surface area contributed by atoms with E-state index in [-0.39, 0.29) is 20.2 Å². The maximum absolute atomic E-state index is 15.0. The van der Waals surface area contributed by atoms with Crippen molar-refractivity contribution in [2.75, 3.05) is 4.72 Å². The van der Waals surface area contributed by atoms with Crippen LogP contribution in [0.25, 0.3) is 11.0 Å². The highest BCUT2D eigenvalue weighted by molar-refractivity contribution is 7.94. The zero-order valence-corrected chi connectivity index (χ0v) is 16.6. The van der Waals surface area contributed by atoms with Gasteiger partial charge in [0.05, 0.1) is 16.3 Å². The number of nitrogens with one attached hydrogen (secondary N) is 2. The van der Waals surface area contributed by atoms with Crippen LogP contribution < -0.4 is 4.72 Å². The number of hydrogen-bond acceptors (Lipinski definition) is 5. The summed E-state index contributed by atoms with van der Waals surface area (Å²) in [5.41, 5.74) is -1.17. The Kier molecular flexibility index (Phi) is 4.85. The molecule has 0 unspecified atom stereocenters. The summed E-state index contributed by atoms with van der Waals surface area (Å²) in [7, 11) is -4.08. The quantitative estimate of drug-likeness (QED) is 0.432. The summed E-state index contributed by atoms with van der Waals surface area (Å²) in [6.45, 7) is 0. The van der Waals surface area contributed by atoms with E-state index in [0.717, 1.165) is 23.5 Å². The van der Waals surface area contributed by atoms with Gasteiger partial charge in [-0.2, -0.15) is 0 Å². The molecule has 4 aromatic rings. The largest absolute Gasteiger partial charge is 0.345 e. The molecular formula is C18H10ClF2N3O3S2. The van der Waals surface area contributed by atoms with E-state index in [1.54, 1.807) is 5.38 Å². The minimum atomic E-state index is -4.08. The van der Waals surface area contributed by atoms with Crippen LogP contribution in [0.3, 0.4) is 0 Å². The molecule has 11 heteroatoms. The van der Waals surface area contributed by atoms with Crippen LogP contribution in [0.15, 0.2) is 52.3 Å². The van der Waals surface area contributed by atoms with Crippen LogP contribution in [0.5, 0.6) is 0 Å². The highest BCUT2D eigenvalue weighted by atomic mass is 35.5. The van der Waals surface area contributed by atoms with Crippen LogP contribution in [0, 0.1) is 11.6 Å². The first kappa shape index (κ1) is 19.5. The summed E-state index contributed by atoms with van der Waals surface area (Å²) in [4.78, 5) is 19.6. The molecule has 0 spiro atoms. The molecule has 2 N–H and O–H groups in total. The van der Waals surface area contributed by atoms with Crippen molar-refractivity contribution in [1.82, 2.24) is 9.97 Å². The fraction of sp³-hybridized carbons (Fsp3) is 0. The number of fused-ring (bicyclic) bond motifs is 1. The van der Waals surface area contributed by atoms with Gasteiger partial charge in [0.25, 0.3) is 10.0 Å². The number of hydrogen-bond donors (Lipinski definition) is 2. The smallest absolute Gasteiger partial charge is 0.271 e. The Balaban J connectivity index is 1.79. The van der Waals surface area contributed by atoms with Crippen molar-refractivity contribution in [1.29, 1.82) is 0 Å². The second kappa shape index (κ2) is 7.21. The SMILES string of the molecule is O=C(c1c(F)ccc(NS(=O)(=O)c2cccs2)c1F)c1c[nH]c2ncc(Cl)cc12. The summed E-state index contributed by atoms with van der Waals surface area (Å²) >= 11 is 6.83. The Hall–Kier alpha value is -2.82. The predicted octanol–water partition coefficient (Wildman–Crippen LogP) is 4.59. The number of rotatable bonds is 5. The molecule has 0 saturated heterocycles. The van der Waals surface area contributed by atoms with Gasteiger partial charge < -0.3 is 4.98 Å². The fourth-order valence-electron chi connectivity index (χ4n) is 2.75. The van der Waals surface area contributed by atoms with E-state index in [2.05, 4.69) is 14.7 Å². The molecule has 0 saturated carbocycles. The summed E-state index contributed by atoms with van der Waals surface area (Å²) in [6, 6.07) is 6.03. The third kappa shape index (κ3) is 3.50. The molecule has 3 aromatic heterocycles. The van der Waals surface area contributed by atoms with Gasteiger partial charge in [0.2, 0.25) is 5.78 Å². The van der Waals surface area contributed by atoms with Crippen molar-refractivity contribution in [3.05, 3.63) is 75.9 Å². The van der Waals surface area contributed by atoms with Gasteiger partial charge in [0.15, 0.2) is 5.82 Å². The number of ketones is 1. The molecule has 0 atom stereocenters. The number of pyridine rings is 1. The zero-order chi connectivity index (χ0) is 20.8. The van der Waals surface area contributed by atoms with Crippen molar-refractivity contribution in [3.63, 3.8) is 0 Å². The van der Waals surface area contributed by atoms with Crippen LogP contribution in [0.4, 0.5) is 14.5 Å². The molecule has 0 aliphatic rings. The molecule has 29 heavy (non-hydrogen) atoms. The number of nitrogens with zero attached hydrogens (tertiary/aromatic N) is 1. The van der Waals surface area contributed by atoms with Gasteiger partial charge >= 0.3 is 0 Å². The van der Waals surface area contributed by atoms with Gasteiger partial charge in [-0.15, -0.1) is 11.3 Å². The number of H-pyrrole nitrogens is 1. The first-order valence-corrected chi connectivity index (χ1v) is 10.7. The number of aromatic nitrogens is 2. The van der Waals surface area contributed by atoms with Gasteiger partial charge in [-0.05, 0) is 29.6 Å². The molecule has 0 bridgehead atoms. The van der Waals surface area contributed by atoms with Gasteiger partial charge in [-0.3, -0.25) is 9.52 Å². The molecule has 6 nitrogen and oxygen atoms in total. The van der Waals surface area contributed by atoms with Crippen molar-refractivity contribution < 1.29 is 22.0 Å². The standard InChI is InChI=1S/C18H10ClF2N3O3S2/c19-9-6-10-11(8-23-18(10)22-7-9)17(25)15-12(20)3-4-13(16(15)21)24-29(26,27)14-2-1-5-28-14/h1-8,24H,(H,22,23). The van der Waals surface area contributed by atoms with Crippen LogP contribution in [0.2, 0.25) is 5.02 Å². The lowest BCUT2D eigenvalue weighted by atomic mass is 10.0. The molecule has 0 aliphatic heterocycles. The molecule has 148 valence electrons. The highest BCUT2D eigenvalue weighted by Crippen LogP contribution is 2.29. The Morgan fingerprint density at radius 3 is 2.76 bits per heavy atom. The number of thiophene rings is 1. The van der Waals surface area contributed by atoms with Crippen LogP contribution >= 0.6 is 22.9 Å². The molecule has 0 amide bonds. The van der Waals surface area contributed by atoms with Gasteiger partial charge in [-0.25, -0.2) is 22.2 Å². The molecule has 3 heterocycles. The lowest BCUT2D eigenvalue weighted by molar-refractivity contribution is 0.103. The van der Waals surface area contributed by atoms with E-state index in [4.69, 9.17) is 11.6 Å².